The Kier molecular flexibility index (Phi) is 6.06. The number of nitrogens with zero attached hydrogens (tertiary/aromatic N) is 1. The number of hydrogen-bond acceptors (Lipinski definition) is 4. The number of anilines is 1. The molecule has 1 aliphatic heterocycles. The van der Waals surface area contributed by atoms with Gasteiger partial charge in [-0.25, -0.2) is 4.98 Å². The smallest absolute Gasteiger partial charge is 0.228 e. The van der Waals surface area contributed by atoms with E-state index in [1.165, 1.54) is 34.6 Å². The minimum absolute atomic E-state index is 0.292. The lowest BCUT2D eigenvalue weighted by Crippen LogP contribution is -2.45. The molecule has 0 radical (unpaired) electrons. The first-order valence-corrected chi connectivity index (χ1v) is 13.7. The number of hydrogen-bond donors (Lipinski definition) is 1. The van der Waals surface area contributed by atoms with Crippen LogP contribution in [0.25, 0.3) is 22.2 Å². The quantitative estimate of drug-likeness (QED) is 0.478. The number of fused-ring (bicyclic) bond motifs is 1. The maximum atomic E-state index is 6.58. The van der Waals surface area contributed by atoms with Gasteiger partial charge < -0.3 is 14.5 Å². The van der Waals surface area contributed by atoms with Gasteiger partial charge in [-0.15, -0.1) is 0 Å². The highest BCUT2D eigenvalue weighted by atomic mass is 28.3. The highest BCUT2D eigenvalue weighted by molar-refractivity contribution is 6.92. The van der Waals surface area contributed by atoms with Crippen molar-refractivity contribution < 1.29 is 9.15 Å². The van der Waals surface area contributed by atoms with E-state index < -0.39 is 8.07 Å². The Morgan fingerprint density at radius 3 is 2.48 bits per heavy atom. The molecule has 3 aromatic rings. The zero-order valence-electron chi connectivity index (χ0n) is 17.8. The average Bonchev–Trinajstić information content (AvgIpc) is 3.43. The van der Waals surface area contributed by atoms with Crippen molar-refractivity contribution in [2.24, 2.45) is 0 Å². The first kappa shape index (κ1) is 20.2. The fraction of sp³-hybridized carbons (Fsp3) is 0.458. The van der Waals surface area contributed by atoms with Crippen molar-refractivity contribution in [3.05, 3.63) is 42.6 Å². The maximum Gasteiger partial charge on any atom is 0.228 e. The van der Waals surface area contributed by atoms with Gasteiger partial charge in [0.15, 0.2) is 0 Å². The van der Waals surface area contributed by atoms with Crippen molar-refractivity contribution in [3.63, 3.8) is 0 Å². The van der Waals surface area contributed by atoms with Gasteiger partial charge in [-0.3, -0.25) is 0 Å². The van der Waals surface area contributed by atoms with E-state index in [9.17, 15) is 0 Å². The molecule has 5 heteroatoms. The minimum atomic E-state index is -1.73. The van der Waals surface area contributed by atoms with Crippen LogP contribution < -0.4 is 10.7 Å². The highest BCUT2D eigenvalue weighted by Crippen LogP contribution is 2.37. The molecule has 0 amide bonds. The predicted octanol–water partition coefficient (Wildman–Crippen LogP) is 5.80. The van der Waals surface area contributed by atoms with Gasteiger partial charge in [-0.1, -0.05) is 69.2 Å². The van der Waals surface area contributed by atoms with Crippen molar-refractivity contribution >= 4 is 30.2 Å². The molecule has 1 N–H and O–H groups in total. The Labute approximate surface area is 174 Å². The molecule has 0 saturated carbocycles. The number of rotatable bonds is 8. The summed E-state index contributed by atoms with van der Waals surface area (Å²) in [7, 11) is -1.73. The number of aromatic nitrogens is 1. The largest absolute Gasteiger partial charge is 0.447 e. The van der Waals surface area contributed by atoms with Gasteiger partial charge in [-0.05, 0) is 24.5 Å². The molecular formula is C24H32N2O2Si. The van der Waals surface area contributed by atoms with Crippen molar-refractivity contribution in [1.82, 2.24) is 4.98 Å². The zero-order valence-corrected chi connectivity index (χ0v) is 18.8. The van der Waals surface area contributed by atoms with Crippen LogP contribution in [0.3, 0.4) is 0 Å². The fourth-order valence-corrected chi connectivity index (χ4v) is 8.26. The first-order valence-electron chi connectivity index (χ1n) is 11.0. The Bertz CT molecular complexity index is 936. The van der Waals surface area contributed by atoms with Gasteiger partial charge in [0.25, 0.3) is 0 Å². The van der Waals surface area contributed by atoms with Gasteiger partial charge in [0.2, 0.25) is 5.71 Å². The van der Waals surface area contributed by atoms with E-state index >= 15 is 0 Å². The third-order valence-electron chi connectivity index (χ3n) is 6.71. The standard InChI is InChI=1S/C24H32N2O2Si/c1-4-29(5-2,6-3)24-21(18-11-8-7-9-12-18)22-20(14-15-25-23(22)28-24)26-17-19-13-10-16-27-19/h7-9,11-12,14-15,19H,4-6,10,13,16-17H2,1-3H3,(H,25,26)/t19-/m0/s1. The van der Waals surface area contributed by atoms with Crippen molar-refractivity contribution in [3.8, 4) is 11.1 Å². The third-order valence-corrected chi connectivity index (χ3v) is 12.1. The van der Waals surface area contributed by atoms with Gasteiger partial charge in [0, 0.05) is 30.6 Å². The highest BCUT2D eigenvalue weighted by Gasteiger charge is 2.37. The third kappa shape index (κ3) is 3.73. The van der Waals surface area contributed by atoms with Crippen LogP contribution in [0, 0.1) is 0 Å². The van der Waals surface area contributed by atoms with Crippen molar-refractivity contribution in [1.29, 1.82) is 0 Å². The summed E-state index contributed by atoms with van der Waals surface area (Å²) >= 11 is 0. The SMILES string of the molecule is CC[Si](CC)(CC)c1oc2nccc(NC[C@@H]3CCCO3)c2c1-c1ccccc1. The van der Waals surface area contributed by atoms with E-state index in [4.69, 9.17) is 9.15 Å². The average molecular weight is 409 g/mol. The Hall–Kier alpha value is -2.11. The first-order chi connectivity index (χ1) is 14.2. The van der Waals surface area contributed by atoms with Gasteiger partial charge >= 0.3 is 0 Å². The number of ether oxygens (including phenoxy) is 1. The molecule has 0 bridgehead atoms. The molecule has 1 fully saturated rings. The van der Waals surface area contributed by atoms with E-state index in [0.29, 0.717) is 6.10 Å². The zero-order chi connectivity index (χ0) is 20.3. The monoisotopic (exact) mass is 408 g/mol. The summed E-state index contributed by atoms with van der Waals surface area (Å²) in [6, 6.07) is 16.3. The van der Waals surface area contributed by atoms with Crippen LogP contribution in [-0.4, -0.2) is 32.3 Å². The number of nitrogens with one attached hydrogen (secondary N) is 1. The number of pyridine rings is 1. The summed E-state index contributed by atoms with van der Waals surface area (Å²) in [5, 5.41) is 5.99. The second-order valence-electron chi connectivity index (χ2n) is 8.07. The molecule has 1 aliphatic rings. The van der Waals surface area contributed by atoms with Gasteiger partial charge in [0.05, 0.1) is 16.9 Å². The normalized spacial score (nSPS) is 17.1. The van der Waals surface area contributed by atoms with Crippen molar-refractivity contribution in [2.75, 3.05) is 18.5 Å². The van der Waals surface area contributed by atoms with Crippen molar-refractivity contribution in [2.45, 2.75) is 57.8 Å². The van der Waals surface area contributed by atoms with Crippen LogP contribution >= 0.6 is 0 Å². The minimum Gasteiger partial charge on any atom is -0.447 e. The maximum absolute atomic E-state index is 6.58. The topological polar surface area (TPSA) is 47.3 Å². The van der Waals surface area contributed by atoms with Crippen LogP contribution in [0.4, 0.5) is 5.69 Å². The molecule has 2 aromatic heterocycles. The molecule has 1 atom stereocenters. The van der Waals surface area contributed by atoms with Crippen LogP contribution in [0.1, 0.15) is 33.6 Å². The molecular weight excluding hydrogens is 376 g/mol. The summed E-state index contributed by atoms with van der Waals surface area (Å²) in [6.45, 7) is 8.67. The van der Waals surface area contributed by atoms with Gasteiger partial charge in [0.1, 0.15) is 8.07 Å². The van der Waals surface area contributed by atoms with E-state index in [1.807, 2.05) is 6.20 Å². The number of furan rings is 1. The Morgan fingerprint density at radius 1 is 1.07 bits per heavy atom. The summed E-state index contributed by atoms with van der Waals surface area (Å²) in [5.74, 6) is 0. The second kappa shape index (κ2) is 8.72. The molecule has 154 valence electrons. The summed E-state index contributed by atoms with van der Waals surface area (Å²) in [6.07, 6.45) is 4.43. The molecule has 0 spiro atoms. The van der Waals surface area contributed by atoms with E-state index in [2.05, 4.69) is 67.5 Å². The van der Waals surface area contributed by atoms with Crippen LogP contribution in [0.5, 0.6) is 0 Å². The molecule has 1 saturated heterocycles. The molecule has 4 nitrogen and oxygen atoms in total. The van der Waals surface area contributed by atoms with E-state index in [1.54, 1.807) is 0 Å². The van der Waals surface area contributed by atoms with Crippen LogP contribution in [0.2, 0.25) is 18.1 Å². The fourth-order valence-electron chi connectivity index (χ4n) is 4.68. The van der Waals surface area contributed by atoms with Crippen LogP contribution in [-0.2, 0) is 4.74 Å². The van der Waals surface area contributed by atoms with Gasteiger partial charge in [-0.2, -0.15) is 0 Å². The van der Waals surface area contributed by atoms with E-state index in [-0.39, 0.29) is 0 Å². The van der Waals surface area contributed by atoms with Crippen LogP contribution in [0.15, 0.2) is 47.0 Å². The molecule has 0 unspecified atom stereocenters. The molecule has 3 heterocycles. The lowest BCUT2D eigenvalue weighted by Gasteiger charge is -2.26. The second-order valence-corrected chi connectivity index (χ2v) is 13.2. The summed E-state index contributed by atoms with van der Waals surface area (Å²) in [5.41, 5.74) is 4.33. The molecule has 0 aliphatic carbocycles. The Balaban J connectivity index is 1.88. The summed E-state index contributed by atoms with van der Waals surface area (Å²) < 4.78 is 12.4. The molecule has 1 aromatic carbocycles. The lowest BCUT2D eigenvalue weighted by molar-refractivity contribution is 0.120. The molecule has 29 heavy (non-hydrogen) atoms. The lowest BCUT2D eigenvalue weighted by atomic mass is 10.0. The summed E-state index contributed by atoms with van der Waals surface area (Å²) in [4.78, 5) is 4.63. The molecule has 4 rings (SSSR count). The number of benzene rings is 1. The Morgan fingerprint density at radius 2 is 1.83 bits per heavy atom. The van der Waals surface area contributed by atoms with E-state index in [0.717, 1.165) is 42.8 Å². The predicted molar refractivity (Wildman–Crippen MR) is 124 cm³/mol.